The molecule has 0 amide bonds. The number of nitrogens with zero attached hydrogens (tertiary/aromatic N) is 1. The number of rotatable bonds is 7. The van der Waals surface area contributed by atoms with Crippen molar-refractivity contribution in [3.63, 3.8) is 0 Å². The van der Waals surface area contributed by atoms with Crippen LogP contribution in [0.4, 0.5) is 5.69 Å². The Labute approximate surface area is 114 Å². The molecule has 1 N–H and O–H groups in total. The monoisotopic (exact) mass is 260 g/mol. The van der Waals surface area contributed by atoms with Gasteiger partial charge in [0.2, 0.25) is 0 Å². The van der Waals surface area contributed by atoms with Crippen LogP contribution in [0, 0.1) is 18.3 Å². The Bertz CT molecular complexity index is 464. The number of carbonyl (C=O) groups excluding carboxylic acids is 1. The van der Waals surface area contributed by atoms with Crippen molar-refractivity contribution in [1.29, 1.82) is 5.26 Å². The van der Waals surface area contributed by atoms with E-state index in [0.717, 1.165) is 37.1 Å². The van der Waals surface area contributed by atoms with Crippen LogP contribution in [-0.2, 0) is 9.53 Å². The van der Waals surface area contributed by atoms with Crippen LogP contribution in [0.3, 0.4) is 0 Å². The highest BCUT2D eigenvalue weighted by molar-refractivity contribution is 5.68. The van der Waals surface area contributed by atoms with Gasteiger partial charge in [0.25, 0.3) is 0 Å². The lowest BCUT2D eigenvalue weighted by molar-refractivity contribution is -0.140. The molecule has 1 aromatic rings. The highest BCUT2D eigenvalue weighted by Gasteiger charge is 2.02. The van der Waals surface area contributed by atoms with Crippen molar-refractivity contribution in [2.45, 2.75) is 32.6 Å². The molecule has 19 heavy (non-hydrogen) atoms. The molecule has 1 rings (SSSR count). The Balaban J connectivity index is 2.28. The van der Waals surface area contributed by atoms with E-state index in [9.17, 15) is 4.79 Å². The summed E-state index contributed by atoms with van der Waals surface area (Å²) in [6, 6.07) is 7.91. The van der Waals surface area contributed by atoms with Crippen molar-refractivity contribution >= 4 is 11.7 Å². The lowest BCUT2D eigenvalue weighted by atomic mass is 10.1. The first-order valence-electron chi connectivity index (χ1n) is 6.49. The minimum absolute atomic E-state index is 0.154. The van der Waals surface area contributed by atoms with Crippen LogP contribution < -0.4 is 5.32 Å². The maximum atomic E-state index is 10.9. The lowest BCUT2D eigenvalue weighted by Gasteiger charge is -2.08. The molecule has 0 bridgehead atoms. The van der Waals surface area contributed by atoms with E-state index in [4.69, 9.17) is 5.26 Å². The first kappa shape index (κ1) is 15.0. The van der Waals surface area contributed by atoms with Gasteiger partial charge in [-0.15, -0.1) is 0 Å². The third kappa shape index (κ3) is 5.43. The summed E-state index contributed by atoms with van der Waals surface area (Å²) in [5, 5.41) is 12.3. The second-order valence-corrected chi connectivity index (χ2v) is 4.47. The molecule has 102 valence electrons. The number of ether oxygens (including phenoxy) is 1. The third-order valence-corrected chi connectivity index (χ3v) is 2.90. The zero-order valence-electron chi connectivity index (χ0n) is 11.5. The van der Waals surface area contributed by atoms with Crippen LogP contribution in [0.5, 0.6) is 0 Å². The number of nitriles is 1. The molecule has 0 radical (unpaired) electrons. The van der Waals surface area contributed by atoms with Crippen LogP contribution in [0.25, 0.3) is 0 Å². The molecule has 0 aliphatic carbocycles. The predicted molar refractivity (Wildman–Crippen MR) is 74.9 cm³/mol. The van der Waals surface area contributed by atoms with Crippen molar-refractivity contribution in [2.24, 2.45) is 0 Å². The van der Waals surface area contributed by atoms with Gasteiger partial charge >= 0.3 is 5.97 Å². The molecule has 0 spiro atoms. The molecule has 0 saturated heterocycles. The minimum Gasteiger partial charge on any atom is -0.469 e. The zero-order chi connectivity index (χ0) is 14.1. The summed E-state index contributed by atoms with van der Waals surface area (Å²) < 4.78 is 4.58. The van der Waals surface area contributed by atoms with Crippen molar-refractivity contribution in [3.05, 3.63) is 29.3 Å². The van der Waals surface area contributed by atoms with E-state index in [2.05, 4.69) is 16.1 Å². The molecule has 0 unspecified atom stereocenters. The summed E-state index contributed by atoms with van der Waals surface area (Å²) in [6.45, 7) is 2.81. The number of benzene rings is 1. The molecule has 4 nitrogen and oxygen atoms in total. The van der Waals surface area contributed by atoms with Gasteiger partial charge < -0.3 is 10.1 Å². The molecule has 0 heterocycles. The number of hydrogen-bond donors (Lipinski definition) is 1. The minimum atomic E-state index is -0.154. The zero-order valence-corrected chi connectivity index (χ0v) is 11.5. The van der Waals surface area contributed by atoms with Gasteiger partial charge in [-0.2, -0.15) is 5.26 Å². The molecule has 4 heteroatoms. The normalized spacial score (nSPS) is 9.74. The Hall–Kier alpha value is -2.02. The molecule has 0 saturated carbocycles. The summed E-state index contributed by atoms with van der Waals surface area (Å²) in [5.41, 5.74) is 2.68. The summed E-state index contributed by atoms with van der Waals surface area (Å²) >= 11 is 0. The highest BCUT2D eigenvalue weighted by atomic mass is 16.5. The number of nitrogens with one attached hydrogen (secondary N) is 1. The van der Waals surface area contributed by atoms with Gasteiger partial charge in [0.05, 0.1) is 18.4 Å². The second kappa shape index (κ2) is 8.15. The standard InChI is InChI=1S/C15H20N2O2/c1-12-7-8-13(11-16)14(10-12)17-9-5-3-4-6-15(18)19-2/h7-8,10,17H,3-6,9H2,1-2H3. The van der Waals surface area contributed by atoms with Gasteiger partial charge in [0.15, 0.2) is 0 Å². The van der Waals surface area contributed by atoms with Gasteiger partial charge in [-0.05, 0) is 37.5 Å². The van der Waals surface area contributed by atoms with Crippen LogP contribution in [0.2, 0.25) is 0 Å². The molecule has 0 atom stereocenters. The number of aryl methyl sites for hydroxylation is 1. The summed E-state index contributed by atoms with van der Waals surface area (Å²) in [6.07, 6.45) is 3.25. The molecular formula is C15H20N2O2. The number of anilines is 1. The largest absolute Gasteiger partial charge is 0.469 e. The Kier molecular flexibility index (Phi) is 6.45. The number of methoxy groups -OCH3 is 1. The number of esters is 1. The smallest absolute Gasteiger partial charge is 0.305 e. The highest BCUT2D eigenvalue weighted by Crippen LogP contribution is 2.16. The van der Waals surface area contributed by atoms with Gasteiger partial charge in [-0.25, -0.2) is 0 Å². The summed E-state index contributed by atoms with van der Waals surface area (Å²) in [4.78, 5) is 10.9. The number of hydrogen-bond acceptors (Lipinski definition) is 4. The summed E-state index contributed by atoms with van der Waals surface area (Å²) in [5.74, 6) is -0.154. The quantitative estimate of drug-likeness (QED) is 0.604. The summed E-state index contributed by atoms with van der Waals surface area (Å²) in [7, 11) is 1.41. The van der Waals surface area contributed by atoms with E-state index in [0.29, 0.717) is 12.0 Å². The van der Waals surface area contributed by atoms with E-state index in [1.54, 1.807) is 0 Å². The van der Waals surface area contributed by atoms with Crippen molar-refractivity contribution in [1.82, 2.24) is 0 Å². The average molecular weight is 260 g/mol. The molecule has 0 aromatic heterocycles. The maximum Gasteiger partial charge on any atom is 0.305 e. The Morgan fingerprint density at radius 2 is 2.16 bits per heavy atom. The first-order valence-corrected chi connectivity index (χ1v) is 6.49. The molecular weight excluding hydrogens is 240 g/mol. The SMILES string of the molecule is COC(=O)CCCCCNc1cc(C)ccc1C#N. The third-order valence-electron chi connectivity index (χ3n) is 2.90. The van der Waals surface area contributed by atoms with E-state index < -0.39 is 0 Å². The van der Waals surface area contributed by atoms with Crippen LogP contribution in [-0.4, -0.2) is 19.6 Å². The fourth-order valence-electron chi connectivity index (χ4n) is 1.80. The van der Waals surface area contributed by atoms with Crippen molar-refractivity contribution < 1.29 is 9.53 Å². The van der Waals surface area contributed by atoms with E-state index in [1.165, 1.54) is 7.11 Å². The number of unbranched alkanes of at least 4 members (excludes halogenated alkanes) is 2. The molecule has 0 fully saturated rings. The van der Waals surface area contributed by atoms with E-state index in [-0.39, 0.29) is 5.97 Å². The van der Waals surface area contributed by atoms with Crippen molar-refractivity contribution in [2.75, 3.05) is 19.0 Å². The second-order valence-electron chi connectivity index (χ2n) is 4.47. The molecule has 0 aliphatic rings. The van der Waals surface area contributed by atoms with Crippen LogP contribution in [0.15, 0.2) is 18.2 Å². The van der Waals surface area contributed by atoms with E-state index >= 15 is 0 Å². The fourth-order valence-corrected chi connectivity index (χ4v) is 1.80. The first-order chi connectivity index (χ1) is 9.17. The Morgan fingerprint density at radius 3 is 2.84 bits per heavy atom. The van der Waals surface area contributed by atoms with Gasteiger partial charge in [0, 0.05) is 13.0 Å². The van der Waals surface area contributed by atoms with Crippen LogP contribution >= 0.6 is 0 Å². The maximum absolute atomic E-state index is 10.9. The fraction of sp³-hybridized carbons (Fsp3) is 0.467. The lowest BCUT2D eigenvalue weighted by Crippen LogP contribution is -2.04. The van der Waals surface area contributed by atoms with Crippen LogP contribution in [0.1, 0.15) is 36.8 Å². The molecule has 0 aliphatic heterocycles. The van der Waals surface area contributed by atoms with Gasteiger partial charge in [-0.3, -0.25) is 4.79 Å². The van der Waals surface area contributed by atoms with Gasteiger partial charge in [-0.1, -0.05) is 12.5 Å². The molecule has 1 aromatic carbocycles. The number of carbonyl (C=O) groups is 1. The van der Waals surface area contributed by atoms with E-state index in [1.807, 2.05) is 25.1 Å². The average Bonchev–Trinajstić information content (AvgIpc) is 2.42. The van der Waals surface area contributed by atoms with Gasteiger partial charge in [0.1, 0.15) is 6.07 Å². The Morgan fingerprint density at radius 1 is 1.37 bits per heavy atom. The van der Waals surface area contributed by atoms with Crippen molar-refractivity contribution in [3.8, 4) is 6.07 Å². The topological polar surface area (TPSA) is 62.1 Å². The predicted octanol–water partition coefficient (Wildman–Crippen LogP) is 3.01.